The first kappa shape index (κ1) is 12.6. The number of fused-ring (bicyclic) bond motifs is 1. The summed E-state index contributed by atoms with van der Waals surface area (Å²) < 4.78 is 1.45. The van der Waals surface area contributed by atoms with Crippen molar-refractivity contribution < 1.29 is 5.11 Å². The first-order chi connectivity index (χ1) is 8.90. The molecule has 0 aliphatic carbocycles. The summed E-state index contributed by atoms with van der Waals surface area (Å²) in [6, 6.07) is 7.17. The molecule has 4 heteroatoms. The monoisotopic (exact) mass is 273 g/mol. The Bertz CT molecular complexity index is 639. The maximum atomic E-state index is 9.63. The number of aryl methyl sites for hydroxylation is 1. The second-order valence-electron chi connectivity index (χ2n) is 5.70. The van der Waals surface area contributed by atoms with Crippen molar-refractivity contribution in [3.8, 4) is 17.1 Å². The summed E-state index contributed by atoms with van der Waals surface area (Å²) in [5.74, 6) is 1.19. The number of hydrogen-bond acceptors (Lipinski definition) is 3. The quantitative estimate of drug-likeness (QED) is 0.866. The van der Waals surface area contributed by atoms with Gasteiger partial charge in [-0.1, -0.05) is 19.9 Å². The molecule has 0 amide bonds. The molecule has 1 N–H and O–H groups in total. The Morgan fingerprint density at radius 1 is 1.42 bits per heavy atom. The van der Waals surface area contributed by atoms with Gasteiger partial charge in [0.25, 0.3) is 0 Å². The van der Waals surface area contributed by atoms with E-state index in [1.165, 1.54) is 20.7 Å². The van der Waals surface area contributed by atoms with E-state index in [9.17, 15) is 5.11 Å². The number of benzene rings is 1. The lowest BCUT2D eigenvalue weighted by Gasteiger charge is -2.21. The molecule has 99 valence electrons. The van der Waals surface area contributed by atoms with E-state index in [2.05, 4.69) is 44.1 Å². The van der Waals surface area contributed by atoms with E-state index in [0.29, 0.717) is 5.69 Å². The van der Waals surface area contributed by atoms with Gasteiger partial charge in [-0.05, 0) is 24.1 Å². The van der Waals surface area contributed by atoms with Crippen molar-refractivity contribution in [1.82, 2.24) is 9.78 Å². The van der Waals surface area contributed by atoms with Crippen LogP contribution in [0.2, 0.25) is 0 Å². The number of thioether (sulfide) groups is 1. The SMILES string of the molecule is Cc1c(-c2[c]c(O)n(C)n2)ccc2c1C(C)(C)CS2. The second kappa shape index (κ2) is 4.04. The summed E-state index contributed by atoms with van der Waals surface area (Å²) in [5.41, 5.74) is 4.63. The molecule has 0 saturated heterocycles. The molecule has 1 aliphatic rings. The standard InChI is InChI=1S/C15H17N2OS/c1-9-10(11-7-13(18)17(4)16-11)5-6-12-14(9)15(2,3)8-19-12/h5-6,18H,8H2,1-4H3. The van der Waals surface area contributed by atoms with Gasteiger partial charge in [-0.25, -0.2) is 4.68 Å². The molecule has 3 nitrogen and oxygen atoms in total. The zero-order valence-electron chi connectivity index (χ0n) is 11.6. The van der Waals surface area contributed by atoms with Crippen LogP contribution in [0, 0.1) is 13.0 Å². The maximum absolute atomic E-state index is 9.63. The van der Waals surface area contributed by atoms with E-state index in [-0.39, 0.29) is 11.3 Å². The molecule has 0 bridgehead atoms. The third kappa shape index (κ3) is 1.86. The first-order valence-electron chi connectivity index (χ1n) is 6.33. The fourth-order valence-corrected chi connectivity index (χ4v) is 4.16. The highest BCUT2D eigenvalue weighted by atomic mass is 32.2. The maximum Gasteiger partial charge on any atom is 0.218 e. The van der Waals surface area contributed by atoms with Gasteiger partial charge in [0.2, 0.25) is 5.88 Å². The molecule has 0 fully saturated rings. The van der Waals surface area contributed by atoms with E-state index in [1.807, 2.05) is 11.8 Å². The molecule has 1 aromatic heterocycles. The Kier molecular flexibility index (Phi) is 2.68. The molecule has 1 aromatic carbocycles. The van der Waals surface area contributed by atoms with Gasteiger partial charge in [0, 0.05) is 28.7 Å². The molecular weight excluding hydrogens is 256 g/mol. The van der Waals surface area contributed by atoms with E-state index in [0.717, 1.165) is 11.3 Å². The van der Waals surface area contributed by atoms with Crippen LogP contribution < -0.4 is 0 Å². The van der Waals surface area contributed by atoms with E-state index >= 15 is 0 Å². The van der Waals surface area contributed by atoms with Crippen LogP contribution in [0.25, 0.3) is 11.3 Å². The highest BCUT2D eigenvalue weighted by molar-refractivity contribution is 7.99. The fraction of sp³-hybridized carbons (Fsp3) is 0.400. The molecule has 0 atom stereocenters. The third-order valence-corrected chi connectivity index (χ3v) is 5.25. The Morgan fingerprint density at radius 3 is 2.79 bits per heavy atom. The summed E-state index contributed by atoms with van der Waals surface area (Å²) >= 11 is 1.92. The van der Waals surface area contributed by atoms with Crippen molar-refractivity contribution in [3.63, 3.8) is 0 Å². The Hall–Kier alpha value is -1.42. The minimum Gasteiger partial charge on any atom is -0.493 e. The number of aromatic nitrogens is 2. The van der Waals surface area contributed by atoms with Gasteiger partial charge < -0.3 is 5.11 Å². The van der Waals surface area contributed by atoms with Gasteiger partial charge >= 0.3 is 0 Å². The van der Waals surface area contributed by atoms with Crippen molar-refractivity contribution in [2.75, 3.05) is 5.75 Å². The van der Waals surface area contributed by atoms with Gasteiger partial charge in [-0.2, -0.15) is 5.10 Å². The summed E-state index contributed by atoms with van der Waals surface area (Å²) in [6.07, 6.45) is 0. The highest BCUT2D eigenvalue weighted by Crippen LogP contribution is 2.47. The Morgan fingerprint density at radius 2 is 2.16 bits per heavy atom. The van der Waals surface area contributed by atoms with E-state index in [4.69, 9.17) is 0 Å². The summed E-state index contributed by atoms with van der Waals surface area (Å²) in [7, 11) is 1.72. The number of aromatic hydroxyl groups is 1. The second-order valence-corrected chi connectivity index (χ2v) is 6.72. The molecule has 1 aliphatic heterocycles. The lowest BCUT2D eigenvalue weighted by molar-refractivity contribution is 0.418. The lowest BCUT2D eigenvalue weighted by atomic mass is 9.82. The summed E-state index contributed by atoms with van der Waals surface area (Å²) in [4.78, 5) is 1.37. The molecule has 0 saturated carbocycles. The average Bonchev–Trinajstić information content (AvgIpc) is 2.81. The van der Waals surface area contributed by atoms with Gasteiger partial charge in [-0.3, -0.25) is 0 Å². The number of nitrogens with zero attached hydrogens (tertiary/aromatic N) is 2. The van der Waals surface area contributed by atoms with Crippen molar-refractivity contribution in [2.45, 2.75) is 31.1 Å². The van der Waals surface area contributed by atoms with Gasteiger partial charge in [0.1, 0.15) is 5.69 Å². The first-order valence-corrected chi connectivity index (χ1v) is 7.31. The third-order valence-electron chi connectivity index (χ3n) is 3.73. The summed E-state index contributed by atoms with van der Waals surface area (Å²) in [5, 5.41) is 13.9. The predicted octanol–water partition coefficient (Wildman–Crippen LogP) is 3.28. The van der Waals surface area contributed by atoms with Gasteiger partial charge in [0.15, 0.2) is 0 Å². The Labute approximate surface area is 117 Å². The van der Waals surface area contributed by atoms with Crippen LogP contribution in [0.5, 0.6) is 5.88 Å². The fourth-order valence-electron chi connectivity index (χ4n) is 2.77. The molecule has 2 aromatic rings. The Balaban J connectivity index is 2.20. The molecule has 3 rings (SSSR count). The minimum atomic E-state index is 0.0727. The van der Waals surface area contributed by atoms with Crippen molar-refractivity contribution in [1.29, 1.82) is 0 Å². The van der Waals surface area contributed by atoms with Gasteiger partial charge in [0.05, 0.1) is 6.07 Å². The van der Waals surface area contributed by atoms with Crippen LogP contribution in [0.3, 0.4) is 0 Å². The van der Waals surface area contributed by atoms with E-state index < -0.39 is 0 Å². The van der Waals surface area contributed by atoms with Crippen LogP contribution in [0.4, 0.5) is 0 Å². The average molecular weight is 273 g/mol. The smallest absolute Gasteiger partial charge is 0.218 e. The topological polar surface area (TPSA) is 38.0 Å². The van der Waals surface area contributed by atoms with E-state index in [1.54, 1.807) is 7.05 Å². The molecule has 1 radical (unpaired) electrons. The van der Waals surface area contributed by atoms with Crippen LogP contribution in [-0.4, -0.2) is 20.6 Å². The van der Waals surface area contributed by atoms with Crippen molar-refractivity contribution in [2.24, 2.45) is 7.05 Å². The zero-order valence-corrected chi connectivity index (χ0v) is 12.4. The molecule has 0 unspecified atom stereocenters. The normalized spacial score (nSPS) is 16.6. The van der Waals surface area contributed by atoms with Crippen molar-refractivity contribution in [3.05, 3.63) is 29.3 Å². The largest absolute Gasteiger partial charge is 0.493 e. The zero-order chi connectivity index (χ0) is 13.8. The summed E-state index contributed by atoms with van der Waals surface area (Å²) in [6.45, 7) is 6.70. The number of rotatable bonds is 1. The van der Waals surface area contributed by atoms with Crippen LogP contribution in [0.15, 0.2) is 17.0 Å². The lowest BCUT2D eigenvalue weighted by Crippen LogP contribution is -2.17. The predicted molar refractivity (Wildman–Crippen MR) is 77.6 cm³/mol. The highest BCUT2D eigenvalue weighted by Gasteiger charge is 2.33. The van der Waals surface area contributed by atoms with Gasteiger partial charge in [-0.15, -0.1) is 11.8 Å². The van der Waals surface area contributed by atoms with Crippen molar-refractivity contribution >= 4 is 11.8 Å². The molecule has 0 spiro atoms. The van der Waals surface area contributed by atoms with Crippen LogP contribution >= 0.6 is 11.8 Å². The molecule has 19 heavy (non-hydrogen) atoms. The molecular formula is C15H17N2OS. The molecule has 2 heterocycles. The van der Waals surface area contributed by atoms with Crippen LogP contribution in [0.1, 0.15) is 25.0 Å². The minimum absolute atomic E-state index is 0.0727. The number of hydrogen-bond donors (Lipinski definition) is 1. The van der Waals surface area contributed by atoms with Crippen LogP contribution in [-0.2, 0) is 12.5 Å².